The maximum atomic E-state index is 13.9. The summed E-state index contributed by atoms with van der Waals surface area (Å²) in [4.78, 5) is 1.85. The number of hydrogen-bond donors (Lipinski definition) is 1. The zero-order valence-electron chi connectivity index (χ0n) is 10.7. The molecule has 0 amide bonds. The largest absolute Gasteiger partial charge is 0.366 e. The van der Waals surface area contributed by atoms with Gasteiger partial charge in [0.2, 0.25) is 0 Å². The molecule has 0 aliphatic carbocycles. The molecule has 2 nitrogen and oxygen atoms in total. The normalized spacial score (nSPS) is 12.2. The molecule has 0 heterocycles. The second-order valence-corrected chi connectivity index (χ2v) is 4.34. The number of anilines is 1. The molecule has 0 saturated carbocycles. The molecule has 19 heavy (non-hydrogen) atoms. The maximum absolute atomic E-state index is 13.9. The first-order chi connectivity index (χ1) is 9.15. The standard InChI is InChI=1S/C15H16F2N2/c1-19(11-6-3-2-4-7-11)14(10-18)12-8-5-9-13(16)15(12)17/h2-9,14H,10,18H2,1H3. The van der Waals surface area contributed by atoms with E-state index in [1.807, 2.05) is 42.3 Å². The SMILES string of the molecule is CN(c1ccccc1)C(CN)c1cccc(F)c1F. The first kappa shape index (κ1) is 13.5. The summed E-state index contributed by atoms with van der Waals surface area (Å²) in [6, 6.07) is 13.2. The summed E-state index contributed by atoms with van der Waals surface area (Å²) in [5.41, 5.74) is 6.91. The zero-order valence-corrected chi connectivity index (χ0v) is 10.7. The van der Waals surface area contributed by atoms with Gasteiger partial charge in [0.15, 0.2) is 11.6 Å². The number of nitrogens with zero attached hydrogens (tertiary/aromatic N) is 1. The van der Waals surface area contributed by atoms with E-state index in [-0.39, 0.29) is 12.1 Å². The lowest BCUT2D eigenvalue weighted by Gasteiger charge is -2.29. The van der Waals surface area contributed by atoms with Gasteiger partial charge in [-0.05, 0) is 18.2 Å². The zero-order chi connectivity index (χ0) is 13.8. The minimum Gasteiger partial charge on any atom is -0.366 e. The van der Waals surface area contributed by atoms with Crippen LogP contribution < -0.4 is 10.6 Å². The highest BCUT2D eigenvalue weighted by molar-refractivity contribution is 5.48. The molecular formula is C15H16F2N2. The van der Waals surface area contributed by atoms with Crippen LogP contribution in [0.4, 0.5) is 14.5 Å². The summed E-state index contributed by atoms with van der Waals surface area (Å²) >= 11 is 0. The van der Waals surface area contributed by atoms with E-state index < -0.39 is 17.7 Å². The van der Waals surface area contributed by atoms with Crippen LogP contribution in [-0.2, 0) is 0 Å². The third-order valence-electron chi connectivity index (χ3n) is 3.19. The van der Waals surface area contributed by atoms with Crippen molar-refractivity contribution in [2.24, 2.45) is 5.73 Å². The van der Waals surface area contributed by atoms with Crippen LogP contribution in [0.25, 0.3) is 0 Å². The molecule has 2 aromatic carbocycles. The highest BCUT2D eigenvalue weighted by Gasteiger charge is 2.21. The Morgan fingerprint density at radius 3 is 2.37 bits per heavy atom. The molecule has 1 atom stereocenters. The molecule has 2 N–H and O–H groups in total. The summed E-state index contributed by atoms with van der Waals surface area (Å²) in [6.45, 7) is 0.200. The van der Waals surface area contributed by atoms with Gasteiger partial charge in [-0.25, -0.2) is 8.78 Å². The minimum atomic E-state index is -0.850. The van der Waals surface area contributed by atoms with Crippen molar-refractivity contribution in [3.05, 3.63) is 65.7 Å². The van der Waals surface area contributed by atoms with Crippen LogP contribution in [0.1, 0.15) is 11.6 Å². The summed E-state index contributed by atoms with van der Waals surface area (Å²) in [5.74, 6) is -1.68. The van der Waals surface area contributed by atoms with Crippen LogP contribution in [0.3, 0.4) is 0 Å². The average Bonchev–Trinajstić information content (AvgIpc) is 2.45. The Morgan fingerprint density at radius 2 is 1.74 bits per heavy atom. The highest BCUT2D eigenvalue weighted by atomic mass is 19.2. The minimum absolute atomic E-state index is 0.200. The molecule has 0 bridgehead atoms. The molecule has 2 rings (SSSR count). The number of para-hydroxylation sites is 1. The number of hydrogen-bond acceptors (Lipinski definition) is 2. The quantitative estimate of drug-likeness (QED) is 0.917. The molecule has 4 heteroatoms. The van der Waals surface area contributed by atoms with Crippen LogP contribution in [0.2, 0.25) is 0 Å². The Kier molecular flexibility index (Phi) is 4.12. The fourth-order valence-electron chi connectivity index (χ4n) is 2.11. The molecule has 2 aromatic rings. The number of halogens is 2. The molecule has 0 aliphatic rings. The van der Waals surface area contributed by atoms with Crippen molar-refractivity contribution in [1.29, 1.82) is 0 Å². The fraction of sp³-hybridized carbons (Fsp3) is 0.200. The van der Waals surface area contributed by atoms with E-state index in [0.717, 1.165) is 11.8 Å². The van der Waals surface area contributed by atoms with Crippen LogP contribution in [-0.4, -0.2) is 13.6 Å². The van der Waals surface area contributed by atoms with Crippen LogP contribution in [0, 0.1) is 11.6 Å². The van der Waals surface area contributed by atoms with Gasteiger partial charge in [0, 0.05) is 24.8 Å². The Bertz CT molecular complexity index is 543. The van der Waals surface area contributed by atoms with E-state index in [2.05, 4.69) is 0 Å². The predicted octanol–water partition coefficient (Wildman–Crippen LogP) is 3.10. The molecule has 1 unspecified atom stereocenters. The summed E-state index contributed by atoms with van der Waals surface area (Å²) < 4.78 is 27.2. The lowest BCUT2D eigenvalue weighted by atomic mass is 10.0. The fourth-order valence-corrected chi connectivity index (χ4v) is 2.11. The van der Waals surface area contributed by atoms with Gasteiger partial charge in [-0.1, -0.05) is 30.3 Å². The van der Waals surface area contributed by atoms with Gasteiger partial charge in [0.05, 0.1) is 6.04 Å². The van der Waals surface area contributed by atoms with E-state index in [1.165, 1.54) is 6.07 Å². The molecule has 0 aromatic heterocycles. The Morgan fingerprint density at radius 1 is 1.05 bits per heavy atom. The number of rotatable bonds is 4. The van der Waals surface area contributed by atoms with Crippen molar-refractivity contribution in [3.8, 4) is 0 Å². The molecular weight excluding hydrogens is 246 g/mol. The molecule has 100 valence electrons. The second-order valence-electron chi connectivity index (χ2n) is 4.34. The van der Waals surface area contributed by atoms with E-state index in [0.29, 0.717) is 0 Å². The average molecular weight is 262 g/mol. The van der Waals surface area contributed by atoms with E-state index in [4.69, 9.17) is 5.73 Å². The number of likely N-dealkylation sites (N-methyl/N-ethyl adjacent to an activating group) is 1. The second kappa shape index (κ2) is 5.80. The summed E-state index contributed by atoms with van der Waals surface area (Å²) in [5, 5.41) is 0. The van der Waals surface area contributed by atoms with Crippen LogP contribution >= 0.6 is 0 Å². The van der Waals surface area contributed by atoms with Gasteiger partial charge >= 0.3 is 0 Å². The number of nitrogens with two attached hydrogens (primary N) is 1. The topological polar surface area (TPSA) is 29.3 Å². The van der Waals surface area contributed by atoms with E-state index >= 15 is 0 Å². The predicted molar refractivity (Wildman–Crippen MR) is 73.0 cm³/mol. The van der Waals surface area contributed by atoms with Gasteiger partial charge in [0.25, 0.3) is 0 Å². The third-order valence-corrected chi connectivity index (χ3v) is 3.19. The van der Waals surface area contributed by atoms with Gasteiger partial charge < -0.3 is 10.6 Å². The third kappa shape index (κ3) is 2.74. The first-order valence-electron chi connectivity index (χ1n) is 6.07. The lowest BCUT2D eigenvalue weighted by molar-refractivity contribution is 0.486. The maximum Gasteiger partial charge on any atom is 0.164 e. The van der Waals surface area contributed by atoms with Crippen molar-refractivity contribution >= 4 is 5.69 Å². The van der Waals surface area contributed by atoms with E-state index in [9.17, 15) is 8.78 Å². The van der Waals surface area contributed by atoms with Gasteiger partial charge in [0.1, 0.15) is 0 Å². The van der Waals surface area contributed by atoms with E-state index in [1.54, 1.807) is 6.07 Å². The molecule has 0 aliphatic heterocycles. The summed E-state index contributed by atoms with van der Waals surface area (Å²) in [6.07, 6.45) is 0. The Balaban J connectivity index is 2.37. The van der Waals surface area contributed by atoms with Gasteiger partial charge in [-0.3, -0.25) is 0 Å². The van der Waals surface area contributed by atoms with Gasteiger partial charge in [-0.15, -0.1) is 0 Å². The van der Waals surface area contributed by atoms with Crippen molar-refractivity contribution in [3.63, 3.8) is 0 Å². The molecule has 0 fully saturated rings. The molecule has 0 radical (unpaired) electrons. The first-order valence-corrected chi connectivity index (χ1v) is 6.07. The molecule has 0 saturated heterocycles. The van der Waals surface area contributed by atoms with Crippen LogP contribution in [0.5, 0.6) is 0 Å². The number of benzene rings is 2. The highest BCUT2D eigenvalue weighted by Crippen LogP contribution is 2.27. The van der Waals surface area contributed by atoms with Crippen molar-refractivity contribution < 1.29 is 8.78 Å². The monoisotopic (exact) mass is 262 g/mol. The van der Waals surface area contributed by atoms with Gasteiger partial charge in [-0.2, -0.15) is 0 Å². The molecule has 0 spiro atoms. The van der Waals surface area contributed by atoms with Crippen molar-refractivity contribution in [2.45, 2.75) is 6.04 Å². The van der Waals surface area contributed by atoms with Crippen molar-refractivity contribution in [1.82, 2.24) is 0 Å². The smallest absolute Gasteiger partial charge is 0.164 e. The summed E-state index contributed by atoms with van der Waals surface area (Å²) in [7, 11) is 1.82. The van der Waals surface area contributed by atoms with Crippen LogP contribution in [0.15, 0.2) is 48.5 Å². The van der Waals surface area contributed by atoms with Crippen molar-refractivity contribution in [2.75, 3.05) is 18.5 Å². The Hall–Kier alpha value is -1.94. The lowest BCUT2D eigenvalue weighted by Crippen LogP contribution is -2.31. The Labute approximate surface area is 111 Å².